The Bertz CT molecular complexity index is 687. The van der Waals surface area contributed by atoms with Crippen molar-refractivity contribution in [3.63, 3.8) is 0 Å². The Balaban J connectivity index is 1.97. The van der Waals surface area contributed by atoms with Crippen LogP contribution in [0.15, 0.2) is 60.7 Å². The number of hydrogen-bond donors (Lipinski definition) is 3. The molecule has 2 atom stereocenters. The summed E-state index contributed by atoms with van der Waals surface area (Å²) in [5.41, 5.74) is 1.70. The number of benzene rings is 2. The molecule has 2 unspecified atom stereocenters. The van der Waals surface area contributed by atoms with Crippen molar-refractivity contribution in [3.8, 4) is 0 Å². The Kier molecular flexibility index (Phi) is 6.57. The molecule has 0 heterocycles. The van der Waals surface area contributed by atoms with Gasteiger partial charge in [0.2, 0.25) is 5.91 Å². The second-order valence-electron chi connectivity index (χ2n) is 6.33. The van der Waals surface area contributed by atoms with Crippen LogP contribution in [0.4, 0.5) is 10.5 Å². The van der Waals surface area contributed by atoms with Crippen LogP contribution in [0.25, 0.3) is 0 Å². The summed E-state index contributed by atoms with van der Waals surface area (Å²) < 4.78 is 0. The molecular weight excluding hydrogens is 314 g/mol. The first kappa shape index (κ1) is 18.5. The maximum absolute atomic E-state index is 12.6. The molecule has 0 aliphatic rings. The van der Waals surface area contributed by atoms with E-state index in [1.807, 2.05) is 69.3 Å². The van der Waals surface area contributed by atoms with Gasteiger partial charge in [-0.3, -0.25) is 4.79 Å². The van der Waals surface area contributed by atoms with Gasteiger partial charge in [0.25, 0.3) is 0 Å². The topological polar surface area (TPSA) is 70.2 Å². The van der Waals surface area contributed by atoms with E-state index in [4.69, 9.17) is 0 Å². The predicted octanol–water partition coefficient (Wildman–Crippen LogP) is 3.71. The van der Waals surface area contributed by atoms with Crippen LogP contribution in [0.3, 0.4) is 0 Å². The van der Waals surface area contributed by atoms with Crippen LogP contribution in [0, 0.1) is 5.92 Å². The summed E-state index contributed by atoms with van der Waals surface area (Å²) in [6.45, 7) is 5.73. The van der Waals surface area contributed by atoms with Gasteiger partial charge in [-0.2, -0.15) is 0 Å². The molecule has 0 radical (unpaired) electrons. The van der Waals surface area contributed by atoms with Gasteiger partial charge in [0.15, 0.2) is 0 Å². The van der Waals surface area contributed by atoms with Crippen LogP contribution in [-0.4, -0.2) is 18.0 Å². The zero-order valence-electron chi connectivity index (χ0n) is 14.8. The first-order valence-electron chi connectivity index (χ1n) is 8.45. The van der Waals surface area contributed by atoms with Crippen molar-refractivity contribution in [1.29, 1.82) is 0 Å². The summed E-state index contributed by atoms with van der Waals surface area (Å²) in [7, 11) is 0. The zero-order chi connectivity index (χ0) is 18.2. The van der Waals surface area contributed by atoms with Gasteiger partial charge in [-0.15, -0.1) is 0 Å². The van der Waals surface area contributed by atoms with E-state index in [-0.39, 0.29) is 17.9 Å². The number of amides is 3. The van der Waals surface area contributed by atoms with Crippen LogP contribution in [0.1, 0.15) is 32.4 Å². The zero-order valence-corrected chi connectivity index (χ0v) is 14.8. The summed E-state index contributed by atoms with van der Waals surface area (Å²) in [5, 5.41) is 8.46. The van der Waals surface area contributed by atoms with Crippen molar-refractivity contribution in [3.05, 3.63) is 66.2 Å². The van der Waals surface area contributed by atoms with Crippen LogP contribution in [-0.2, 0) is 4.79 Å². The molecule has 2 rings (SSSR count). The van der Waals surface area contributed by atoms with E-state index >= 15 is 0 Å². The molecule has 0 bridgehead atoms. The summed E-state index contributed by atoms with van der Waals surface area (Å²) in [5.74, 6) is -0.237. The molecule has 3 N–H and O–H groups in total. The highest BCUT2D eigenvalue weighted by Crippen LogP contribution is 2.13. The molecule has 0 aromatic heterocycles. The quantitative estimate of drug-likeness (QED) is 0.751. The molecule has 2 aromatic rings. The van der Waals surface area contributed by atoms with Crippen molar-refractivity contribution in [2.75, 3.05) is 5.32 Å². The molecule has 0 saturated heterocycles. The molecule has 0 fully saturated rings. The Labute approximate surface area is 148 Å². The third-order valence-electron chi connectivity index (χ3n) is 3.93. The van der Waals surface area contributed by atoms with E-state index in [0.717, 1.165) is 5.56 Å². The maximum atomic E-state index is 12.6. The van der Waals surface area contributed by atoms with Gasteiger partial charge >= 0.3 is 6.03 Å². The van der Waals surface area contributed by atoms with E-state index in [1.165, 1.54) is 0 Å². The smallest absolute Gasteiger partial charge is 0.319 e. The number of para-hydroxylation sites is 1. The van der Waals surface area contributed by atoms with Gasteiger partial charge in [0.1, 0.15) is 6.04 Å². The predicted molar refractivity (Wildman–Crippen MR) is 100 cm³/mol. The maximum Gasteiger partial charge on any atom is 0.319 e. The molecule has 0 saturated carbocycles. The number of hydrogen-bond acceptors (Lipinski definition) is 2. The molecule has 2 aromatic carbocycles. The Morgan fingerprint density at radius 2 is 1.36 bits per heavy atom. The minimum absolute atomic E-state index is 0.0375. The highest BCUT2D eigenvalue weighted by molar-refractivity contribution is 5.93. The van der Waals surface area contributed by atoms with Crippen molar-refractivity contribution in [2.45, 2.75) is 32.9 Å². The van der Waals surface area contributed by atoms with Gasteiger partial charge in [0, 0.05) is 5.69 Å². The lowest BCUT2D eigenvalue weighted by Crippen LogP contribution is -2.51. The lowest BCUT2D eigenvalue weighted by Gasteiger charge is -2.24. The van der Waals surface area contributed by atoms with E-state index in [2.05, 4.69) is 16.0 Å². The van der Waals surface area contributed by atoms with Gasteiger partial charge < -0.3 is 16.0 Å². The van der Waals surface area contributed by atoms with E-state index < -0.39 is 12.1 Å². The Hall–Kier alpha value is -2.82. The van der Waals surface area contributed by atoms with E-state index in [1.54, 1.807) is 12.1 Å². The first-order chi connectivity index (χ1) is 12.0. The molecule has 5 nitrogen and oxygen atoms in total. The second-order valence-corrected chi connectivity index (χ2v) is 6.33. The number of anilines is 1. The molecule has 25 heavy (non-hydrogen) atoms. The molecule has 132 valence electrons. The third-order valence-corrected chi connectivity index (χ3v) is 3.93. The minimum atomic E-state index is -0.616. The fourth-order valence-corrected chi connectivity index (χ4v) is 2.49. The minimum Gasteiger partial charge on any atom is -0.348 e. The number of carbonyl (C=O) groups is 2. The number of urea groups is 1. The van der Waals surface area contributed by atoms with Crippen molar-refractivity contribution < 1.29 is 9.59 Å². The molecule has 0 aliphatic heterocycles. The summed E-state index contributed by atoms with van der Waals surface area (Å²) in [6.07, 6.45) is 0. The molecule has 0 aliphatic carbocycles. The number of rotatable bonds is 6. The van der Waals surface area contributed by atoms with Crippen molar-refractivity contribution in [2.24, 2.45) is 5.92 Å². The second kappa shape index (κ2) is 8.87. The van der Waals surface area contributed by atoms with Gasteiger partial charge in [-0.1, -0.05) is 62.4 Å². The van der Waals surface area contributed by atoms with Gasteiger partial charge in [-0.05, 0) is 30.5 Å². The monoisotopic (exact) mass is 339 g/mol. The highest BCUT2D eigenvalue weighted by Gasteiger charge is 2.25. The fraction of sp³-hybridized carbons (Fsp3) is 0.300. The SMILES string of the molecule is CC(NC(=O)C(NC(=O)Nc1ccccc1)C(C)C)c1ccccc1. The first-order valence-corrected chi connectivity index (χ1v) is 8.45. The van der Waals surface area contributed by atoms with Crippen LogP contribution >= 0.6 is 0 Å². The van der Waals surface area contributed by atoms with Crippen LogP contribution in [0.5, 0.6) is 0 Å². The van der Waals surface area contributed by atoms with Gasteiger partial charge in [0.05, 0.1) is 6.04 Å². The van der Waals surface area contributed by atoms with Crippen LogP contribution in [0.2, 0.25) is 0 Å². The Morgan fingerprint density at radius 3 is 1.92 bits per heavy atom. The van der Waals surface area contributed by atoms with Gasteiger partial charge in [-0.25, -0.2) is 4.79 Å². The third kappa shape index (κ3) is 5.64. The molecule has 0 spiro atoms. The summed E-state index contributed by atoms with van der Waals surface area (Å²) in [6, 6.07) is 17.7. The van der Waals surface area contributed by atoms with E-state index in [9.17, 15) is 9.59 Å². The summed E-state index contributed by atoms with van der Waals surface area (Å²) in [4.78, 5) is 24.8. The number of carbonyl (C=O) groups excluding carboxylic acids is 2. The lowest BCUT2D eigenvalue weighted by atomic mass is 10.0. The molecule has 5 heteroatoms. The molecule has 3 amide bonds. The number of nitrogens with one attached hydrogen (secondary N) is 3. The van der Waals surface area contributed by atoms with Crippen molar-refractivity contribution >= 4 is 17.6 Å². The van der Waals surface area contributed by atoms with Crippen molar-refractivity contribution in [1.82, 2.24) is 10.6 Å². The normalized spacial score (nSPS) is 13.0. The fourth-order valence-electron chi connectivity index (χ4n) is 2.49. The summed E-state index contributed by atoms with van der Waals surface area (Å²) >= 11 is 0. The van der Waals surface area contributed by atoms with E-state index in [0.29, 0.717) is 5.69 Å². The van der Waals surface area contributed by atoms with Crippen LogP contribution < -0.4 is 16.0 Å². The highest BCUT2D eigenvalue weighted by atomic mass is 16.2. The molecular formula is C20H25N3O2. The lowest BCUT2D eigenvalue weighted by molar-refractivity contribution is -0.124. The average molecular weight is 339 g/mol. The average Bonchev–Trinajstić information content (AvgIpc) is 2.61. The Morgan fingerprint density at radius 1 is 0.800 bits per heavy atom. The largest absolute Gasteiger partial charge is 0.348 e. The standard InChI is InChI=1S/C20H25N3O2/c1-14(2)18(23-20(25)22-17-12-8-5-9-13-17)19(24)21-15(3)16-10-6-4-7-11-16/h4-15,18H,1-3H3,(H,21,24)(H2,22,23,25).